The Morgan fingerprint density at radius 3 is 2.78 bits per heavy atom. The Balaban J connectivity index is 2.25. The van der Waals surface area contributed by atoms with Crippen molar-refractivity contribution in [1.29, 1.82) is 0 Å². The highest BCUT2D eigenvalue weighted by Crippen LogP contribution is 2.12. The van der Waals surface area contributed by atoms with Gasteiger partial charge in [-0.05, 0) is 19.1 Å². The third-order valence-electron chi connectivity index (χ3n) is 2.57. The number of para-hydroxylation sites is 1. The summed E-state index contributed by atoms with van der Waals surface area (Å²) in [5.74, 6) is -1.51. The molecule has 1 heterocycles. The molecule has 1 atom stereocenters. The standard InChI is InChI=1S/C13H12N2O3/c1-8(13(17)18)15-12(16)10-6-9-4-2-3-5-11(9)14-7-10/h2-8H,1H3,(H,15,16)(H,17,18)/t8-/m0/s1. The number of rotatable bonds is 3. The van der Waals surface area contributed by atoms with Gasteiger partial charge in [-0.1, -0.05) is 18.2 Å². The molecule has 2 N–H and O–H groups in total. The quantitative estimate of drug-likeness (QED) is 0.856. The van der Waals surface area contributed by atoms with E-state index in [0.29, 0.717) is 5.56 Å². The van der Waals surface area contributed by atoms with Crippen LogP contribution in [0.3, 0.4) is 0 Å². The maximum Gasteiger partial charge on any atom is 0.325 e. The Bertz CT molecular complexity index is 610. The van der Waals surface area contributed by atoms with Crippen LogP contribution in [0.25, 0.3) is 10.9 Å². The summed E-state index contributed by atoms with van der Waals surface area (Å²) < 4.78 is 0. The van der Waals surface area contributed by atoms with Crippen molar-refractivity contribution in [2.24, 2.45) is 0 Å². The molecular weight excluding hydrogens is 232 g/mol. The monoisotopic (exact) mass is 244 g/mol. The van der Waals surface area contributed by atoms with Crippen LogP contribution in [0.2, 0.25) is 0 Å². The topological polar surface area (TPSA) is 79.3 Å². The van der Waals surface area contributed by atoms with E-state index >= 15 is 0 Å². The van der Waals surface area contributed by atoms with Crippen LogP contribution in [0.15, 0.2) is 36.5 Å². The lowest BCUT2D eigenvalue weighted by molar-refractivity contribution is -0.138. The van der Waals surface area contributed by atoms with Crippen molar-refractivity contribution < 1.29 is 14.7 Å². The SMILES string of the molecule is C[C@H](NC(=O)c1cnc2ccccc2c1)C(=O)O. The first-order chi connectivity index (χ1) is 8.58. The predicted octanol–water partition coefficient (Wildman–Crippen LogP) is 1.44. The molecule has 1 aromatic carbocycles. The van der Waals surface area contributed by atoms with E-state index < -0.39 is 17.9 Å². The summed E-state index contributed by atoms with van der Waals surface area (Å²) in [4.78, 5) is 26.6. The van der Waals surface area contributed by atoms with Crippen molar-refractivity contribution in [1.82, 2.24) is 10.3 Å². The van der Waals surface area contributed by atoms with Gasteiger partial charge in [-0.3, -0.25) is 14.6 Å². The third-order valence-corrected chi connectivity index (χ3v) is 2.57. The molecule has 1 amide bonds. The lowest BCUT2D eigenvalue weighted by Gasteiger charge is -2.09. The largest absolute Gasteiger partial charge is 0.480 e. The number of hydrogen-bond acceptors (Lipinski definition) is 3. The fourth-order valence-electron chi connectivity index (χ4n) is 1.54. The van der Waals surface area contributed by atoms with Gasteiger partial charge in [0.2, 0.25) is 0 Å². The Morgan fingerprint density at radius 2 is 2.06 bits per heavy atom. The minimum Gasteiger partial charge on any atom is -0.480 e. The molecule has 0 aliphatic carbocycles. The number of carboxylic acids is 1. The highest BCUT2D eigenvalue weighted by molar-refractivity contribution is 5.98. The van der Waals surface area contributed by atoms with Crippen LogP contribution in [-0.4, -0.2) is 28.0 Å². The van der Waals surface area contributed by atoms with Gasteiger partial charge < -0.3 is 10.4 Å². The van der Waals surface area contributed by atoms with Crippen molar-refractivity contribution >= 4 is 22.8 Å². The maximum atomic E-state index is 11.8. The van der Waals surface area contributed by atoms with Gasteiger partial charge in [0.15, 0.2) is 0 Å². The van der Waals surface area contributed by atoms with Crippen LogP contribution in [0, 0.1) is 0 Å². The molecule has 0 fully saturated rings. The molecule has 2 aromatic rings. The summed E-state index contributed by atoms with van der Waals surface area (Å²) in [5.41, 5.74) is 1.14. The molecule has 5 heteroatoms. The molecule has 0 saturated heterocycles. The zero-order valence-electron chi connectivity index (χ0n) is 9.75. The van der Waals surface area contributed by atoms with Gasteiger partial charge >= 0.3 is 5.97 Å². The van der Waals surface area contributed by atoms with Crippen molar-refractivity contribution in [3.63, 3.8) is 0 Å². The van der Waals surface area contributed by atoms with Crippen molar-refractivity contribution in [2.45, 2.75) is 13.0 Å². The molecule has 18 heavy (non-hydrogen) atoms. The van der Waals surface area contributed by atoms with E-state index in [4.69, 9.17) is 5.11 Å². The third kappa shape index (κ3) is 2.45. The molecule has 0 saturated carbocycles. The zero-order chi connectivity index (χ0) is 13.1. The molecule has 0 bridgehead atoms. The maximum absolute atomic E-state index is 11.8. The normalized spacial score (nSPS) is 12.1. The molecule has 2 rings (SSSR count). The number of fused-ring (bicyclic) bond motifs is 1. The first-order valence-electron chi connectivity index (χ1n) is 5.46. The summed E-state index contributed by atoms with van der Waals surface area (Å²) in [6.45, 7) is 1.41. The summed E-state index contributed by atoms with van der Waals surface area (Å²) in [7, 11) is 0. The van der Waals surface area contributed by atoms with Crippen LogP contribution in [0.1, 0.15) is 17.3 Å². The number of aromatic nitrogens is 1. The van der Waals surface area contributed by atoms with E-state index in [2.05, 4.69) is 10.3 Å². The van der Waals surface area contributed by atoms with Gasteiger partial charge in [0.25, 0.3) is 5.91 Å². The molecule has 0 radical (unpaired) electrons. The summed E-state index contributed by atoms with van der Waals surface area (Å²) in [5, 5.41) is 11.9. The molecular formula is C13H12N2O3. The minimum absolute atomic E-state index is 0.349. The van der Waals surface area contributed by atoms with E-state index in [0.717, 1.165) is 10.9 Å². The second-order valence-corrected chi connectivity index (χ2v) is 3.95. The second kappa shape index (κ2) is 4.83. The number of benzene rings is 1. The number of nitrogens with one attached hydrogen (secondary N) is 1. The van der Waals surface area contributed by atoms with Crippen LogP contribution < -0.4 is 5.32 Å². The highest BCUT2D eigenvalue weighted by atomic mass is 16.4. The number of amides is 1. The number of carboxylic acid groups (broad SMARTS) is 1. The lowest BCUT2D eigenvalue weighted by atomic mass is 10.1. The first kappa shape index (κ1) is 12.0. The van der Waals surface area contributed by atoms with Gasteiger partial charge in [0.05, 0.1) is 11.1 Å². The van der Waals surface area contributed by atoms with Crippen LogP contribution in [-0.2, 0) is 4.79 Å². The second-order valence-electron chi connectivity index (χ2n) is 3.95. The summed E-state index contributed by atoms with van der Waals surface area (Å²) in [6.07, 6.45) is 1.44. The molecule has 0 unspecified atom stereocenters. The number of carbonyl (C=O) groups is 2. The molecule has 1 aromatic heterocycles. The predicted molar refractivity (Wildman–Crippen MR) is 66.3 cm³/mol. The molecule has 0 aliphatic rings. The highest BCUT2D eigenvalue weighted by Gasteiger charge is 2.15. The molecule has 92 valence electrons. The van der Waals surface area contributed by atoms with E-state index in [1.54, 1.807) is 6.07 Å². The van der Waals surface area contributed by atoms with E-state index in [-0.39, 0.29) is 0 Å². The number of pyridine rings is 1. The van der Waals surface area contributed by atoms with E-state index in [9.17, 15) is 9.59 Å². The number of aliphatic carboxylic acids is 1. The van der Waals surface area contributed by atoms with Gasteiger partial charge in [0.1, 0.15) is 6.04 Å². The fourth-order valence-corrected chi connectivity index (χ4v) is 1.54. The first-order valence-corrected chi connectivity index (χ1v) is 5.46. The number of nitrogens with zero attached hydrogens (tertiary/aromatic N) is 1. The molecule has 0 spiro atoms. The van der Waals surface area contributed by atoms with Crippen molar-refractivity contribution in [2.75, 3.05) is 0 Å². The zero-order valence-corrected chi connectivity index (χ0v) is 9.75. The Kier molecular flexibility index (Phi) is 3.23. The van der Waals surface area contributed by atoms with Gasteiger partial charge in [-0.15, -0.1) is 0 Å². The minimum atomic E-state index is -1.07. The Hall–Kier alpha value is -2.43. The average molecular weight is 244 g/mol. The molecule has 5 nitrogen and oxygen atoms in total. The summed E-state index contributed by atoms with van der Waals surface area (Å²) in [6, 6.07) is 8.17. The Labute approximate surface area is 103 Å². The van der Waals surface area contributed by atoms with Crippen molar-refractivity contribution in [3.8, 4) is 0 Å². The van der Waals surface area contributed by atoms with Crippen LogP contribution >= 0.6 is 0 Å². The Morgan fingerprint density at radius 1 is 1.33 bits per heavy atom. The fraction of sp³-hybridized carbons (Fsp3) is 0.154. The number of carbonyl (C=O) groups excluding carboxylic acids is 1. The van der Waals surface area contributed by atoms with Crippen molar-refractivity contribution in [3.05, 3.63) is 42.1 Å². The van der Waals surface area contributed by atoms with E-state index in [1.807, 2.05) is 24.3 Å². The van der Waals surface area contributed by atoms with E-state index in [1.165, 1.54) is 13.1 Å². The van der Waals surface area contributed by atoms with Crippen LogP contribution in [0.4, 0.5) is 0 Å². The average Bonchev–Trinajstić information content (AvgIpc) is 2.37. The smallest absolute Gasteiger partial charge is 0.325 e. The molecule has 0 aliphatic heterocycles. The summed E-state index contributed by atoms with van der Waals surface area (Å²) >= 11 is 0. The van der Waals surface area contributed by atoms with Gasteiger partial charge in [-0.2, -0.15) is 0 Å². The van der Waals surface area contributed by atoms with Gasteiger partial charge in [-0.25, -0.2) is 0 Å². The van der Waals surface area contributed by atoms with Crippen LogP contribution in [0.5, 0.6) is 0 Å². The number of hydrogen-bond donors (Lipinski definition) is 2. The van der Waals surface area contributed by atoms with Gasteiger partial charge in [0, 0.05) is 11.6 Å². The lowest BCUT2D eigenvalue weighted by Crippen LogP contribution is -2.38.